The third kappa shape index (κ3) is 0.759. The summed E-state index contributed by atoms with van der Waals surface area (Å²) in [5, 5.41) is 0.862. The minimum Gasteiger partial charge on any atom is -0.373 e. The van der Waals surface area contributed by atoms with Gasteiger partial charge in [0.2, 0.25) is 0 Å². The van der Waals surface area contributed by atoms with E-state index in [9.17, 15) is 0 Å². The van der Waals surface area contributed by atoms with Crippen LogP contribution in [0.3, 0.4) is 0 Å². The van der Waals surface area contributed by atoms with E-state index in [0.29, 0.717) is 12.2 Å². The fraction of sp³-hybridized carbons (Fsp3) is 1.00. The smallest absolute Gasteiger partial charge is 0.0730 e. The number of fused-ring (bicyclic) bond motifs is 5. The summed E-state index contributed by atoms with van der Waals surface area (Å²) in [4.78, 5) is 0. The fourth-order valence-electron chi connectivity index (χ4n) is 3.21. The number of ether oxygens (including phenoxy) is 1. The van der Waals surface area contributed by atoms with Gasteiger partial charge < -0.3 is 4.74 Å². The lowest BCUT2D eigenvalue weighted by atomic mass is 9.75. The van der Waals surface area contributed by atoms with Gasteiger partial charge in [0.05, 0.1) is 12.2 Å². The topological polar surface area (TPSA) is 9.23 Å². The van der Waals surface area contributed by atoms with Gasteiger partial charge in [-0.25, -0.2) is 0 Å². The predicted molar refractivity (Wildman–Crippen MR) is 51.3 cm³/mol. The molecular formula is C10H16OS. The predicted octanol–water partition coefficient (Wildman–Crippen LogP) is 2.16. The van der Waals surface area contributed by atoms with E-state index in [4.69, 9.17) is 4.74 Å². The normalized spacial score (nSPS) is 62.5. The van der Waals surface area contributed by atoms with Crippen LogP contribution < -0.4 is 0 Å². The Morgan fingerprint density at radius 1 is 1.17 bits per heavy atom. The SMILES string of the molecule is CC1C(C)C2OC1C1CCSC12. The quantitative estimate of drug-likeness (QED) is 0.570. The largest absolute Gasteiger partial charge is 0.373 e. The zero-order chi connectivity index (χ0) is 8.29. The average molecular weight is 184 g/mol. The van der Waals surface area contributed by atoms with Gasteiger partial charge in [0, 0.05) is 11.2 Å². The van der Waals surface area contributed by atoms with Gasteiger partial charge in [0.25, 0.3) is 0 Å². The maximum atomic E-state index is 6.04. The molecule has 0 amide bonds. The molecule has 68 valence electrons. The van der Waals surface area contributed by atoms with E-state index in [0.717, 1.165) is 23.0 Å². The fourth-order valence-corrected chi connectivity index (χ4v) is 4.93. The molecule has 0 aromatic heterocycles. The van der Waals surface area contributed by atoms with Crippen molar-refractivity contribution < 1.29 is 4.74 Å². The van der Waals surface area contributed by atoms with Crippen LogP contribution >= 0.6 is 11.8 Å². The van der Waals surface area contributed by atoms with Gasteiger partial charge in [0.1, 0.15) is 0 Å². The van der Waals surface area contributed by atoms with Crippen LogP contribution in [-0.4, -0.2) is 23.2 Å². The van der Waals surface area contributed by atoms with E-state index < -0.39 is 0 Å². The van der Waals surface area contributed by atoms with Crippen molar-refractivity contribution >= 4 is 11.8 Å². The van der Waals surface area contributed by atoms with E-state index in [1.807, 2.05) is 0 Å². The Kier molecular flexibility index (Phi) is 1.55. The van der Waals surface area contributed by atoms with Crippen LogP contribution in [0.15, 0.2) is 0 Å². The van der Waals surface area contributed by atoms with Crippen LogP contribution in [0.1, 0.15) is 20.3 Å². The molecular weight excluding hydrogens is 168 g/mol. The zero-order valence-corrected chi connectivity index (χ0v) is 8.51. The number of hydrogen-bond donors (Lipinski definition) is 0. The van der Waals surface area contributed by atoms with Gasteiger partial charge in [-0.3, -0.25) is 0 Å². The summed E-state index contributed by atoms with van der Waals surface area (Å²) in [6.07, 6.45) is 2.63. The molecule has 0 aliphatic carbocycles. The summed E-state index contributed by atoms with van der Waals surface area (Å²) in [5.41, 5.74) is 0. The second-order valence-corrected chi connectivity index (χ2v) is 5.86. The first-order valence-electron chi connectivity index (χ1n) is 5.06. The Bertz CT molecular complexity index is 186. The first kappa shape index (κ1) is 7.69. The standard InChI is InChI=1S/C10H16OS/c1-5-6(2)9-10-7(3-4-12-10)8(5)11-9/h5-10H,3-4H2,1-2H3. The summed E-state index contributed by atoms with van der Waals surface area (Å²) in [6, 6.07) is 0. The molecule has 1 nitrogen and oxygen atoms in total. The van der Waals surface area contributed by atoms with Gasteiger partial charge in [-0.2, -0.15) is 11.8 Å². The highest BCUT2D eigenvalue weighted by Crippen LogP contribution is 2.55. The molecule has 2 bridgehead atoms. The van der Waals surface area contributed by atoms with Crippen molar-refractivity contribution in [1.29, 1.82) is 0 Å². The highest BCUT2D eigenvalue weighted by molar-refractivity contribution is 8.00. The van der Waals surface area contributed by atoms with Gasteiger partial charge in [-0.05, 0) is 24.0 Å². The maximum absolute atomic E-state index is 6.04. The summed E-state index contributed by atoms with van der Waals surface area (Å²) in [6.45, 7) is 4.74. The molecule has 3 aliphatic rings. The molecule has 3 fully saturated rings. The Labute approximate surface area is 78.2 Å². The van der Waals surface area contributed by atoms with Crippen LogP contribution in [0.5, 0.6) is 0 Å². The molecule has 3 saturated heterocycles. The second-order valence-electron chi connectivity index (χ2n) is 4.57. The zero-order valence-electron chi connectivity index (χ0n) is 7.69. The van der Waals surface area contributed by atoms with Crippen molar-refractivity contribution in [3.05, 3.63) is 0 Å². The molecule has 6 unspecified atom stereocenters. The highest BCUT2D eigenvalue weighted by atomic mass is 32.2. The monoisotopic (exact) mass is 184 g/mol. The van der Waals surface area contributed by atoms with E-state index >= 15 is 0 Å². The number of rotatable bonds is 0. The molecule has 0 saturated carbocycles. The molecule has 12 heavy (non-hydrogen) atoms. The second kappa shape index (κ2) is 2.42. The Hall–Kier alpha value is 0.310. The number of thioether (sulfide) groups is 1. The van der Waals surface area contributed by atoms with Crippen LogP contribution in [0.4, 0.5) is 0 Å². The summed E-state index contributed by atoms with van der Waals surface area (Å²) < 4.78 is 6.04. The highest BCUT2D eigenvalue weighted by Gasteiger charge is 2.57. The third-order valence-electron chi connectivity index (χ3n) is 4.11. The van der Waals surface area contributed by atoms with Gasteiger partial charge in [-0.1, -0.05) is 13.8 Å². The van der Waals surface area contributed by atoms with Crippen molar-refractivity contribution in [2.24, 2.45) is 17.8 Å². The van der Waals surface area contributed by atoms with Crippen LogP contribution in [0.2, 0.25) is 0 Å². The lowest BCUT2D eigenvalue weighted by Gasteiger charge is -2.29. The van der Waals surface area contributed by atoms with E-state index in [1.165, 1.54) is 12.2 Å². The lowest BCUT2D eigenvalue weighted by molar-refractivity contribution is 0.0763. The van der Waals surface area contributed by atoms with Gasteiger partial charge in [0.15, 0.2) is 0 Å². The average Bonchev–Trinajstić information content (AvgIpc) is 2.63. The molecule has 2 heteroatoms. The Morgan fingerprint density at radius 2 is 1.92 bits per heavy atom. The minimum absolute atomic E-state index is 0.600. The third-order valence-corrected chi connectivity index (χ3v) is 5.58. The summed E-state index contributed by atoms with van der Waals surface area (Å²) >= 11 is 2.16. The van der Waals surface area contributed by atoms with Crippen LogP contribution in [-0.2, 0) is 4.74 Å². The molecule has 0 N–H and O–H groups in total. The first-order chi connectivity index (χ1) is 5.79. The molecule has 0 aromatic rings. The van der Waals surface area contributed by atoms with Gasteiger partial charge >= 0.3 is 0 Å². The van der Waals surface area contributed by atoms with Crippen molar-refractivity contribution in [3.8, 4) is 0 Å². The van der Waals surface area contributed by atoms with Crippen molar-refractivity contribution in [1.82, 2.24) is 0 Å². The lowest BCUT2D eigenvalue weighted by Crippen LogP contribution is -2.36. The van der Waals surface area contributed by atoms with Crippen LogP contribution in [0.25, 0.3) is 0 Å². The van der Waals surface area contributed by atoms with Crippen molar-refractivity contribution in [2.75, 3.05) is 5.75 Å². The van der Waals surface area contributed by atoms with E-state index in [1.54, 1.807) is 0 Å². The molecule has 3 rings (SSSR count). The van der Waals surface area contributed by atoms with Crippen LogP contribution in [0, 0.1) is 17.8 Å². The summed E-state index contributed by atoms with van der Waals surface area (Å²) in [5.74, 6) is 3.91. The van der Waals surface area contributed by atoms with Crippen molar-refractivity contribution in [3.63, 3.8) is 0 Å². The minimum atomic E-state index is 0.600. The molecule has 6 atom stereocenters. The van der Waals surface area contributed by atoms with Crippen molar-refractivity contribution in [2.45, 2.75) is 37.7 Å². The summed E-state index contributed by atoms with van der Waals surface area (Å²) in [7, 11) is 0. The number of hydrogen-bond acceptors (Lipinski definition) is 2. The van der Waals surface area contributed by atoms with E-state index in [2.05, 4.69) is 25.6 Å². The van der Waals surface area contributed by atoms with Gasteiger partial charge in [-0.15, -0.1) is 0 Å². The van der Waals surface area contributed by atoms with E-state index in [-0.39, 0.29) is 0 Å². The molecule has 3 heterocycles. The Balaban J connectivity index is 1.92. The molecule has 3 aliphatic heterocycles. The molecule has 0 spiro atoms. The molecule has 0 radical (unpaired) electrons. The Morgan fingerprint density at radius 3 is 2.75 bits per heavy atom. The first-order valence-corrected chi connectivity index (χ1v) is 6.11. The molecule has 0 aromatic carbocycles. The maximum Gasteiger partial charge on any atom is 0.0730 e.